The number of nitrogens with zero attached hydrogens (tertiary/aromatic N) is 1. The maximum atomic E-state index is 12.7. The Labute approximate surface area is 127 Å². The van der Waals surface area contributed by atoms with Crippen LogP contribution in [0.4, 0.5) is 18.9 Å². The smallest absolute Gasteiger partial charge is 0.377 e. The van der Waals surface area contributed by atoms with Crippen LogP contribution in [0.25, 0.3) is 0 Å². The number of nitrogens with one attached hydrogen (secondary N) is 1. The van der Waals surface area contributed by atoms with E-state index >= 15 is 0 Å². The van der Waals surface area contributed by atoms with Crippen LogP contribution in [0.5, 0.6) is 0 Å². The van der Waals surface area contributed by atoms with Gasteiger partial charge in [0.25, 0.3) is 0 Å². The molecule has 0 bridgehead atoms. The number of alkyl halides is 3. The van der Waals surface area contributed by atoms with E-state index in [1.165, 1.54) is 17.4 Å². The minimum absolute atomic E-state index is 0.109. The molecule has 7 heteroatoms. The fourth-order valence-electron chi connectivity index (χ4n) is 1.84. The summed E-state index contributed by atoms with van der Waals surface area (Å²) in [6.07, 6.45) is -4.35. The molecule has 0 aliphatic heterocycles. The second-order valence-electron chi connectivity index (χ2n) is 4.36. The predicted octanol–water partition coefficient (Wildman–Crippen LogP) is 5.41. The van der Waals surface area contributed by atoms with E-state index in [1.807, 2.05) is 13.8 Å². The Morgan fingerprint density at radius 3 is 2.60 bits per heavy atom. The summed E-state index contributed by atoms with van der Waals surface area (Å²) in [5.41, 5.74) is 2.36. The number of rotatable bonds is 3. The number of anilines is 1. The van der Waals surface area contributed by atoms with E-state index in [0.717, 1.165) is 22.7 Å². The molecular weight excluding hydrogens is 353 g/mol. The van der Waals surface area contributed by atoms with Crippen LogP contribution in [-0.2, 0) is 6.18 Å². The molecule has 0 fully saturated rings. The standard InChI is InChI=1S/C13H12BrF3N2S/c1-7-12(20-6-18-7)8(2)19-11-5-9(13(15,16)17)3-4-10(11)14/h3-6,8,19H,1-2H3. The lowest BCUT2D eigenvalue weighted by Gasteiger charge is -2.17. The Balaban J connectivity index is 2.27. The fraction of sp³-hybridized carbons (Fsp3) is 0.308. The molecule has 2 rings (SSSR count). The molecule has 1 atom stereocenters. The van der Waals surface area contributed by atoms with Crippen LogP contribution in [0, 0.1) is 6.92 Å². The van der Waals surface area contributed by atoms with Gasteiger partial charge in [-0.25, -0.2) is 4.98 Å². The lowest BCUT2D eigenvalue weighted by molar-refractivity contribution is -0.137. The van der Waals surface area contributed by atoms with Gasteiger partial charge in [0, 0.05) is 15.0 Å². The molecule has 0 amide bonds. The van der Waals surface area contributed by atoms with E-state index in [4.69, 9.17) is 0 Å². The van der Waals surface area contributed by atoms with Gasteiger partial charge in [-0.3, -0.25) is 0 Å². The molecule has 1 N–H and O–H groups in total. The minimum Gasteiger partial charge on any atom is -0.377 e. The van der Waals surface area contributed by atoms with Gasteiger partial charge in [-0.05, 0) is 48.0 Å². The summed E-state index contributed by atoms with van der Waals surface area (Å²) in [4.78, 5) is 5.15. The average Bonchev–Trinajstić information content (AvgIpc) is 2.77. The minimum atomic E-state index is -4.35. The Morgan fingerprint density at radius 2 is 2.05 bits per heavy atom. The molecule has 108 valence electrons. The average molecular weight is 365 g/mol. The summed E-state index contributed by atoms with van der Waals surface area (Å²) in [7, 11) is 0. The number of halogens is 4. The van der Waals surface area contributed by atoms with E-state index < -0.39 is 11.7 Å². The highest BCUT2D eigenvalue weighted by molar-refractivity contribution is 9.10. The molecule has 0 aliphatic carbocycles. The Morgan fingerprint density at radius 1 is 1.35 bits per heavy atom. The van der Waals surface area contributed by atoms with Crippen LogP contribution in [0.3, 0.4) is 0 Å². The predicted molar refractivity (Wildman–Crippen MR) is 78.0 cm³/mol. The summed E-state index contributed by atoms with van der Waals surface area (Å²) < 4.78 is 38.8. The van der Waals surface area contributed by atoms with E-state index in [1.54, 1.807) is 5.51 Å². The van der Waals surface area contributed by atoms with E-state index in [0.29, 0.717) is 10.2 Å². The van der Waals surface area contributed by atoms with Gasteiger partial charge in [0.1, 0.15) is 0 Å². The molecular formula is C13H12BrF3N2S. The Kier molecular flexibility index (Phi) is 4.39. The summed E-state index contributed by atoms with van der Waals surface area (Å²) in [6.45, 7) is 3.78. The topological polar surface area (TPSA) is 24.9 Å². The lowest BCUT2D eigenvalue weighted by atomic mass is 10.1. The number of thiazole rings is 1. The van der Waals surface area contributed by atoms with Crippen LogP contribution in [-0.4, -0.2) is 4.98 Å². The monoisotopic (exact) mass is 364 g/mol. The van der Waals surface area contributed by atoms with Crippen molar-refractivity contribution in [1.82, 2.24) is 4.98 Å². The van der Waals surface area contributed by atoms with Crippen LogP contribution >= 0.6 is 27.3 Å². The van der Waals surface area contributed by atoms with Crippen LogP contribution in [0.15, 0.2) is 28.2 Å². The number of hydrogen-bond donors (Lipinski definition) is 1. The zero-order valence-electron chi connectivity index (χ0n) is 10.8. The maximum Gasteiger partial charge on any atom is 0.416 e. The van der Waals surface area contributed by atoms with Crippen molar-refractivity contribution >= 4 is 33.0 Å². The number of benzene rings is 1. The summed E-state index contributed by atoms with van der Waals surface area (Å²) in [5.74, 6) is 0. The molecule has 0 aliphatic rings. The summed E-state index contributed by atoms with van der Waals surface area (Å²) in [6, 6.07) is 3.45. The Bertz CT molecular complexity index is 610. The first kappa shape index (κ1) is 15.3. The van der Waals surface area contributed by atoms with Crippen LogP contribution in [0.1, 0.15) is 29.1 Å². The van der Waals surface area contributed by atoms with E-state index in [2.05, 4.69) is 26.2 Å². The largest absolute Gasteiger partial charge is 0.416 e. The number of aryl methyl sites for hydroxylation is 1. The van der Waals surface area contributed by atoms with Crippen LogP contribution in [0.2, 0.25) is 0 Å². The highest BCUT2D eigenvalue weighted by Gasteiger charge is 2.31. The van der Waals surface area contributed by atoms with E-state index in [9.17, 15) is 13.2 Å². The van der Waals surface area contributed by atoms with Crippen molar-refractivity contribution in [2.75, 3.05) is 5.32 Å². The second kappa shape index (κ2) is 5.73. The second-order valence-corrected chi connectivity index (χ2v) is 6.10. The van der Waals surface area contributed by atoms with Crippen molar-refractivity contribution in [1.29, 1.82) is 0 Å². The molecule has 0 saturated carbocycles. The zero-order chi connectivity index (χ0) is 14.9. The Hall–Kier alpha value is -1.08. The fourth-order valence-corrected chi connectivity index (χ4v) is 3.01. The number of aromatic nitrogens is 1. The molecule has 1 heterocycles. The first-order chi connectivity index (χ1) is 9.29. The van der Waals surface area contributed by atoms with Gasteiger partial charge >= 0.3 is 6.18 Å². The number of hydrogen-bond acceptors (Lipinski definition) is 3. The zero-order valence-corrected chi connectivity index (χ0v) is 13.2. The van der Waals surface area contributed by atoms with Gasteiger partial charge in [-0.15, -0.1) is 11.3 Å². The van der Waals surface area contributed by atoms with Crippen molar-refractivity contribution in [3.8, 4) is 0 Å². The summed E-state index contributed by atoms with van der Waals surface area (Å²) >= 11 is 4.75. The first-order valence-electron chi connectivity index (χ1n) is 5.82. The van der Waals surface area contributed by atoms with Gasteiger partial charge < -0.3 is 5.32 Å². The molecule has 2 nitrogen and oxygen atoms in total. The third-order valence-electron chi connectivity index (χ3n) is 2.84. The van der Waals surface area contributed by atoms with Crippen molar-refractivity contribution < 1.29 is 13.2 Å². The van der Waals surface area contributed by atoms with Gasteiger partial charge in [0.05, 0.1) is 22.8 Å². The SMILES string of the molecule is Cc1ncsc1C(C)Nc1cc(C(F)(F)F)ccc1Br. The van der Waals surface area contributed by atoms with Crippen LogP contribution < -0.4 is 5.32 Å². The molecule has 0 radical (unpaired) electrons. The third-order valence-corrected chi connectivity index (χ3v) is 4.65. The third kappa shape index (κ3) is 3.32. The first-order valence-corrected chi connectivity index (χ1v) is 7.49. The molecule has 1 unspecified atom stereocenters. The van der Waals surface area contributed by atoms with Gasteiger partial charge in [-0.1, -0.05) is 0 Å². The molecule has 0 saturated heterocycles. The van der Waals surface area contributed by atoms with Crippen molar-refractivity contribution in [3.63, 3.8) is 0 Å². The molecule has 20 heavy (non-hydrogen) atoms. The molecule has 2 aromatic rings. The van der Waals surface area contributed by atoms with Crippen molar-refractivity contribution in [2.45, 2.75) is 26.1 Å². The van der Waals surface area contributed by atoms with E-state index in [-0.39, 0.29) is 6.04 Å². The molecule has 0 spiro atoms. The van der Waals surface area contributed by atoms with Gasteiger partial charge in [0.2, 0.25) is 0 Å². The normalized spacial score (nSPS) is 13.3. The molecule has 1 aromatic carbocycles. The van der Waals surface area contributed by atoms with Crippen molar-refractivity contribution in [2.24, 2.45) is 0 Å². The lowest BCUT2D eigenvalue weighted by Crippen LogP contribution is -2.10. The maximum absolute atomic E-state index is 12.7. The van der Waals surface area contributed by atoms with Crippen molar-refractivity contribution in [3.05, 3.63) is 44.3 Å². The highest BCUT2D eigenvalue weighted by atomic mass is 79.9. The highest BCUT2D eigenvalue weighted by Crippen LogP contribution is 2.35. The molecule has 1 aromatic heterocycles. The van der Waals surface area contributed by atoms with Gasteiger partial charge in [-0.2, -0.15) is 13.2 Å². The van der Waals surface area contributed by atoms with Gasteiger partial charge in [0.15, 0.2) is 0 Å². The quantitative estimate of drug-likeness (QED) is 0.787. The summed E-state index contributed by atoms with van der Waals surface area (Å²) in [5, 5.41) is 3.09.